The van der Waals surface area contributed by atoms with Gasteiger partial charge in [0.25, 0.3) is 0 Å². The lowest BCUT2D eigenvalue weighted by atomic mass is 10.1. The highest BCUT2D eigenvalue weighted by molar-refractivity contribution is 9.10. The Morgan fingerprint density at radius 2 is 1.79 bits per heavy atom. The maximum atomic E-state index is 12.2. The summed E-state index contributed by atoms with van der Waals surface area (Å²) in [6, 6.07) is 6.70. The summed E-state index contributed by atoms with van der Waals surface area (Å²) < 4.78 is 12.7. The molecule has 0 unspecified atom stereocenters. The Labute approximate surface area is 182 Å². The molecule has 0 bridgehead atoms. The molecule has 1 aromatic carbocycles. The quantitative estimate of drug-likeness (QED) is 0.719. The van der Waals surface area contributed by atoms with Crippen LogP contribution in [0.3, 0.4) is 0 Å². The summed E-state index contributed by atoms with van der Waals surface area (Å²) in [4.78, 5) is 16.4. The lowest BCUT2D eigenvalue weighted by Crippen LogP contribution is -2.44. The van der Waals surface area contributed by atoms with E-state index in [9.17, 15) is 4.79 Å². The van der Waals surface area contributed by atoms with Crippen LogP contribution >= 0.6 is 15.9 Å². The Kier molecular flexibility index (Phi) is 7.46. The molecule has 6 nitrogen and oxygen atoms in total. The molecule has 3 rings (SSSR count). The zero-order chi connectivity index (χ0) is 21.0. The van der Waals surface area contributed by atoms with Crippen molar-refractivity contribution in [3.8, 4) is 5.75 Å². The minimum atomic E-state index is -0.461. The van der Waals surface area contributed by atoms with Gasteiger partial charge in [0.2, 0.25) is 0 Å². The summed E-state index contributed by atoms with van der Waals surface area (Å²) in [6.07, 6.45) is 3.64. The molecule has 2 saturated heterocycles. The average molecular weight is 468 g/mol. The number of hydrogen-bond acceptors (Lipinski definition) is 5. The van der Waals surface area contributed by atoms with Crippen LogP contribution in [-0.4, -0.2) is 59.8 Å². The second-order valence-electron chi connectivity index (χ2n) is 9.16. The van der Waals surface area contributed by atoms with E-state index in [0.717, 1.165) is 55.5 Å². The molecule has 1 aromatic rings. The number of amides is 1. The van der Waals surface area contributed by atoms with E-state index in [1.807, 2.05) is 20.8 Å². The van der Waals surface area contributed by atoms with Gasteiger partial charge in [-0.25, -0.2) is 4.79 Å². The predicted octanol–water partition coefficient (Wildman–Crippen LogP) is 4.15. The largest absolute Gasteiger partial charge is 0.489 e. The second-order valence-corrected chi connectivity index (χ2v) is 10.0. The number of carbonyl (C=O) groups excluding carboxylic acids is 1. The van der Waals surface area contributed by atoms with E-state index in [2.05, 4.69) is 39.0 Å². The molecule has 0 aromatic heterocycles. The van der Waals surface area contributed by atoms with Crippen molar-refractivity contribution in [2.45, 2.75) is 70.7 Å². The van der Waals surface area contributed by atoms with Gasteiger partial charge in [-0.3, -0.25) is 4.90 Å². The van der Waals surface area contributed by atoms with Crippen LogP contribution < -0.4 is 10.5 Å². The first kappa shape index (κ1) is 22.4. The lowest BCUT2D eigenvalue weighted by molar-refractivity contribution is 0.0126. The van der Waals surface area contributed by atoms with Crippen molar-refractivity contribution < 1.29 is 14.3 Å². The van der Waals surface area contributed by atoms with Crippen LogP contribution in [0.25, 0.3) is 0 Å². The number of rotatable bonds is 4. The van der Waals surface area contributed by atoms with Gasteiger partial charge in [-0.2, -0.15) is 0 Å². The number of hydrogen-bond donors (Lipinski definition) is 1. The van der Waals surface area contributed by atoms with Gasteiger partial charge < -0.3 is 20.1 Å². The summed E-state index contributed by atoms with van der Waals surface area (Å²) in [5.41, 5.74) is 6.81. The molecule has 2 N–H and O–H groups in total. The van der Waals surface area contributed by atoms with Crippen LogP contribution in [0.5, 0.6) is 5.75 Å². The van der Waals surface area contributed by atoms with Crippen molar-refractivity contribution >= 4 is 22.0 Å². The topological polar surface area (TPSA) is 68.0 Å². The monoisotopic (exact) mass is 467 g/mol. The van der Waals surface area contributed by atoms with Crippen molar-refractivity contribution in [1.29, 1.82) is 0 Å². The molecular formula is C22H34BrN3O3. The summed E-state index contributed by atoms with van der Waals surface area (Å²) in [7, 11) is 0. The third-order valence-corrected chi connectivity index (χ3v) is 6.04. The van der Waals surface area contributed by atoms with Gasteiger partial charge in [0.1, 0.15) is 17.5 Å². The van der Waals surface area contributed by atoms with E-state index in [1.54, 1.807) is 4.90 Å². The Morgan fingerprint density at radius 1 is 1.14 bits per heavy atom. The highest BCUT2D eigenvalue weighted by Gasteiger charge is 2.28. The standard InChI is InChI=1S/C22H34BrN3O3/c1-22(2,3)29-21(27)26-12-8-18(9-13-26)28-20-5-4-16(14-19(20)23)15-25-10-6-17(24)7-11-25/h4-5,14,17-18H,6-13,15,24H2,1-3H3. The molecular weight excluding hydrogens is 434 g/mol. The first-order valence-electron chi connectivity index (χ1n) is 10.6. The number of piperidine rings is 2. The molecule has 2 fully saturated rings. The number of ether oxygens (including phenoxy) is 2. The van der Waals surface area contributed by atoms with Gasteiger partial charge in [-0.1, -0.05) is 6.07 Å². The van der Waals surface area contributed by atoms with Gasteiger partial charge in [-0.15, -0.1) is 0 Å². The SMILES string of the molecule is CC(C)(C)OC(=O)N1CCC(Oc2ccc(CN3CCC(N)CC3)cc2Br)CC1. The zero-order valence-electron chi connectivity index (χ0n) is 17.8. The molecule has 0 spiro atoms. The fourth-order valence-corrected chi connectivity index (χ4v) is 4.29. The molecule has 0 atom stereocenters. The van der Waals surface area contributed by atoms with Crippen LogP contribution in [0.2, 0.25) is 0 Å². The first-order valence-corrected chi connectivity index (χ1v) is 11.4. The summed E-state index contributed by atoms with van der Waals surface area (Å²) in [6.45, 7) is 10.1. The fraction of sp³-hybridized carbons (Fsp3) is 0.682. The van der Waals surface area contributed by atoms with Crippen molar-refractivity contribution in [2.75, 3.05) is 26.2 Å². The number of halogens is 1. The van der Waals surface area contributed by atoms with Crippen molar-refractivity contribution in [1.82, 2.24) is 9.80 Å². The Bertz CT molecular complexity index is 691. The highest BCUT2D eigenvalue weighted by Crippen LogP contribution is 2.30. The van der Waals surface area contributed by atoms with Gasteiger partial charge >= 0.3 is 6.09 Å². The van der Waals surface area contributed by atoms with Gasteiger partial charge in [0.05, 0.1) is 4.47 Å². The molecule has 0 saturated carbocycles. The Balaban J connectivity index is 1.48. The third-order valence-electron chi connectivity index (χ3n) is 5.42. The molecule has 2 aliphatic rings. The van der Waals surface area contributed by atoms with Gasteiger partial charge in [0.15, 0.2) is 0 Å². The van der Waals surface area contributed by atoms with E-state index >= 15 is 0 Å². The highest BCUT2D eigenvalue weighted by atomic mass is 79.9. The van der Waals surface area contributed by atoms with E-state index in [4.69, 9.17) is 15.2 Å². The summed E-state index contributed by atoms with van der Waals surface area (Å²) in [5.74, 6) is 0.866. The molecule has 162 valence electrons. The Morgan fingerprint density at radius 3 is 2.38 bits per heavy atom. The minimum absolute atomic E-state index is 0.111. The second kappa shape index (κ2) is 9.67. The number of carbonyl (C=O) groups is 1. The van der Waals surface area contributed by atoms with Crippen molar-refractivity contribution in [3.63, 3.8) is 0 Å². The van der Waals surface area contributed by atoms with E-state index in [0.29, 0.717) is 19.1 Å². The van der Waals surface area contributed by atoms with Crippen molar-refractivity contribution in [2.24, 2.45) is 5.73 Å². The molecule has 2 heterocycles. The van der Waals surface area contributed by atoms with Crippen LogP contribution in [0.1, 0.15) is 52.0 Å². The summed E-state index contributed by atoms with van der Waals surface area (Å²) in [5, 5.41) is 0. The van der Waals surface area contributed by atoms with Crippen LogP contribution in [0.4, 0.5) is 4.79 Å². The normalized spacial score (nSPS) is 20.0. The smallest absolute Gasteiger partial charge is 0.410 e. The molecule has 7 heteroatoms. The molecule has 2 aliphatic heterocycles. The maximum Gasteiger partial charge on any atom is 0.410 e. The molecule has 0 aliphatic carbocycles. The van der Waals surface area contributed by atoms with Crippen LogP contribution in [0, 0.1) is 0 Å². The summed E-state index contributed by atoms with van der Waals surface area (Å²) >= 11 is 3.67. The van der Waals surface area contributed by atoms with E-state index in [1.165, 1.54) is 5.56 Å². The fourth-order valence-electron chi connectivity index (χ4n) is 3.77. The third kappa shape index (κ3) is 6.86. The van der Waals surface area contributed by atoms with E-state index in [-0.39, 0.29) is 12.2 Å². The Hall–Kier alpha value is -1.31. The first-order chi connectivity index (χ1) is 13.7. The molecule has 0 radical (unpaired) electrons. The number of benzene rings is 1. The molecule has 29 heavy (non-hydrogen) atoms. The average Bonchev–Trinajstić information content (AvgIpc) is 2.65. The zero-order valence-corrected chi connectivity index (χ0v) is 19.4. The van der Waals surface area contributed by atoms with Gasteiger partial charge in [0, 0.05) is 38.5 Å². The number of nitrogens with zero attached hydrogens (tertiary/aromatic N) is 2. The molecule has 1 amide bonds. The number of likely N-dealkylation sites (tertiary alicyclic amines) is 2. The predicted molar refractivity (Wildman–Crippen MR) is 118 cm³/mol. The maximum absolute atomic E-state index is 12.2. The van der Waals surface area contributed by atoms with Crippen LogP contribution in [0.15, 0.2) is 22.7 Å². The van der Waals surface area contributed by atoms with Crippen LogP contribution in [-0.2, 0) is 11.3 Å². The lowest BCUT2D eigenvalue weighted by Gasteiger charge is -2.33. The number of nitrogens with two attached hydrogens (primary N) is 1. The van der Waals surface area contributed by atoms with Crippen molar-refractivity contribution in [3.05, 3.63) is 28.2 Å². The minimum Gasteiger partial charge on any atom is -0.489 e. The van der Waals surface area contributed by atoms with Gasteiger partial charge in [-0.05, 0) is 80.3 Å². The van der Waals surface area contributed by atoms with E-state index < -0.39 is 5.60 Å².